The van der Waals surface area contributed by atoms with E-state index in [-0.39, 0.29) is 4.90 Å². The van der Waals surface area contributed by atoms with Crippen molar-refractivity contribution in [3.05, 3.63) is 50.4 Å². The number of halogens is 3. The molecule has 0 spiro atoms. The first-order chi connectivity index (χ1) is 9.70. The first-order valence-corrected chi connectivity index (χ1v) is 8.77. The number of nitrogens with two attached hydrogens (primary N) is 1. The third-order valence-corrected chi connectivity index (χ3v) is 5.51. The Morgan fingerprint density at radius 2 is 1.86 bits per heavy atom. The summed E-state index contributed by atoms with van der Waals surface area (Å²) in [6, 6.07) is 7.51. The van der Waals surface area contributed by atoms with E-state index < -0.39 is 10.0 Å². The molecule has 4 nitrogen and oxygen atoms in total. The quantitative estimate of drug-likeness (QED) is 0.735. The Morgan fingerprint density at radius 3 is 2.48 bits per heavy atom. The summed E-state index contributed by atoms with van der Waals surface area (Å²) in [6.45, 7) is 1.72. The van der Waals surface area contributed by atoms with Gasteiger partial charge in [-0.1, -0.05) is 23.2 Å². The number of hydrogen-bond donors (Lipinski definition) is 2. The molecule has 0 aliphatic rings. The van der Waals surface area contributed by atoms with Gasteiger partial charge in [-0.3, -0.25) is 4.72 Å². The average molecular weight is 410 g/mol. The predicted octanol–water partition coefficient (Wildman–Crippen LogP) is 4.45. The summed E-state index contributed by atoms with van der Waals surface area (Å²) >= 11 is 15.1. The maximum Gasteiger partial charge on any atom is 0.262 e. The summed E-state index contributed by atoms with van der Waals surface area (Å²) < 4.78 is 27.8. The van der Waals surface area contributed by atoms with E-state index in [1.807, 2.05) is 0 Å². The third-order valence-electron chi connectivity index (χ3n) is 2.84. The molecule has 0 saturated carbocycles. The highest BCUT2D eigenvalue weighted by Gasteiger charge is 2.18. The number of rotatable bonds is 3. The van der Waals surface area contributed by atoms with Gasteiger partial charge in [-0.2, -0.15) is 0 Å². The molecule has 2 aromatic carbocycles. The minimum Gasteiger partial charge on any atom is -0.398 e. The molecule has 0 saturated heterocycles. The Hall–Kier alpha value is -0.950. The van der Waals surface area contributed by atoms with Crippen LogP contribution in [0, 0.1) is 6.92 Å². The molecule has 8 heteroatoms. The van der Waals surface area contributed by atoms with Crippen molar-refractivity contribution in [3.8, 4) is 0 Å². The lowest BCUT2D eigenvalue weighted by Crippen LogP contribution is -2.14. The minimum atomic E-state index is -3.82. The van der Waals surface area contributed by atoms with Gasteiger partial charge in [-0.25, -0.2) is 8.42 Å². The standard InChI is InChI=1S/C13H11BrCl2N2O2S/c1-7-11(16)5-9(6-12(7)17)21(19,20)18-13-4-8(15)2-3-10(13)14/h2-6,18H,17H2,1H3. The molecular weight excluding hydrogens is 399 g/mol. The number of sulfonamides is 1. The van der Waals surface area contributed by atoms with Crippen molar-refractivity contribution in [2.24, 2.45) is 0 Å². The second-order valence-corrected chi connectivity index (χ2v) is 7.73. The predicted molar refractivity (Wildman–Crippen MR) is 90.6 cm³/mol. The van der Waals surface area contributed by atoms with E-state index in [1.165, 1.54) is 18.2 Å². The number of nitrogen functional groups attached to an aromatic ring is 1. The first kappa shape index (κ1) is 16.4. The molecule has 2 rings (SSSR count). The third kappa shape index (κ3) is 3.63. The fourth-order valence-corrected chi connectivity index (χ4v) is 3.68. The van der Waals surface area contributed by atoms with Gasteiger partial charge in [-0.05, 0) is 58.7 Å². The largest absolute Gasteiger partial charge is 0.398 e. The number of hydrogen-bond acceptors (Lipinski definition) is 3. The zero-order valence-corrected chi connectivity index (χ0v) is 14.7. The topological polar surface area (TPSA) is 72.2 Å². The van der Waals surface area contributed by atoms with Gasteiger partial charge in [0.05, 0.1) is 10.6 Å². The van der Waals surface area contributed by atoms with E-state index in [2.05, 4.69) is 20.7 Å². The van der Waals surface area contributed by atoms with Crippen molar-refractivity contribution < 1.29 is 8.42 Å². The minimum absolute atomic E-state index is 0.0116. The zero-order valence-electron chi connectivity index (χ0n) is 10.8. The fourth-order valence-electron chi connectivity index (χ4n) is 1.61. The molecule has 0 unspecified atom stereocenters. The average Bonchev–Trinajstić information content (AvgIpc) is 2.39. The van der Waals surface area contributed by atoms with Crippen LogP contribution in [0.3, 0.4) is 0 Å². The van der Waals surface area contributed by atoms with Crippen LogP contribution in [0.15, 0.2) is 39.7 Å². The lowest BCUT2D eigenvalue weighted by Gasteiger charge is -2.12. The monoisotopic (exact) mass is 408 g/mol. The van der Waals surface area contributed by atoms with E-state index in [0.29, 0.717) is 31.5 Å². The van der Waals surface area contributed by atoms with Gasteiger partial charge in [0, 0.05) is 20.2 Å². The van der Waals surface area contributed by atoms with E-state index in [4.69, 9.17) is 28.9 Å². The molecule has 0 aliphatic heterocycles. The molecule has 0 atom stereocenters. The summed E-state index contributed by atoms with van der Waals surface area (Å²) in [5.74, 6) is 0. The SMILES string of the molecule is Cc1c(N)cc(S(=O)(=O)Nc2cc(Cl)ccc2Br)cc1Cl. The lowest BCUT2D eigenvalue weighted by molar-refractivity contribution is 0.601. The van der Waals surface area contributed by atoms with Crippen molar-refractivity contribution in [2.75, 3.05) is 10.5 Å². The Kier molecular flexibility index (Phi) is 4.72. The molecule has 0 amide bonds. The Bertz CT molecular complexity index is 787. The second-order valence-electron chi connectivity index (χ2n) is 4.35. The second kappa shape index (κ2) is 6.04. The van der Waals surface area contributed by atoms with Gasteiger partial charge in [0.25, 0.3) is 10.0 Å². The summed E-state index contributed by atoms with van der Waals surface area (Å²) in [5.41, 5.74) is 7.04. The number of nitrogens with one attached hydrogen (secondary N) is 1. The van der Waals surface area contributed by atoms with Crippen molar-refractivity contribution >= 4 is 60.5 Å². The van der Waals surface area contributed by atoms with Crippen LogP contribution in [0.25, 0.3) is 0 Å². The van der Waals surface area contributed by atoms with Crippen molar-refractivity contribution in [1.82, 2.24) is 0 Å². The molecule has 0 bridgehead atoms. The fraction of sp³-hybridized carbons (Fsp3) is 0.0769. The lowest BCUT2D eigenvalue weighted by atomic mass is 10.2. The highest BCUT2D eigenvalue weighted by atomic mass is 79.9. The van der Waals surface area contributed by atoms with Crippen LogP contribution in [-0.4, -0.2) is 8.42 Å². The van der Waals surface area contributed by atoms with Gasteiger partial charge in [0.2, 0.25) is 0 Å². The van der Waals surface area contributed by atoms with Crippen molar-refractivity contribution in [3.63, 3.8) is 0 Å². The van der Waals surface area contributed by atoms with Crippen LogP contribution in [0.5, 0.6) is 0 Å². The summed E-state index contributed by atoms with van der Waals surface area (Å²) in [4.78, 5) is -0.0116. The van der Waals surface area contributed by atoms with Crippen molar-refractivity contribution in [2.45, 2.75) is 11.8 Å². The van der Waals surface area contributed by atoms with Crippen LogP contribution < -0.4 is 10.5 Å². The normalized spacial score (nSPS) is 11.4. The zero-order chi connectivity index (χ0) is 15.8. The number of anilines is 2. The van der Waals surface area contributed by atoms with Crippen molar-refractivity contribution in [1.29, 1.82) is 0 Å². The molecule has 0 aromatic heterocycles. The Morgan fingerprint density at radius 1 is 1.19 bits per heavy atom. The van der Waals surface area contributed by atoms with Gasteiger partial charge < -0.3 is 5.73 Å². The number of benzene rings is 2. The summed E-state index contributed by atoms with van der Waals surface area (Å²) in [6.07, 6.45) is 0. The van der Waals surface area contributed by atoms with E-state index in [0.717, 1.165) is 0 Å². The van der Waals surface area contributed by atoms with Crippen LogP contribution in [-0.2, 0) is 10.0 Å². The molecule has 0 aliphatic carbocycles. The molecule has 2 aromatic rings. The van der Waals surface area contributed by atoms with Gasteiger partial charge in [-0.15, -0.1) is 0 Å². The first-order valence-electron chi connectivity index (χ1n) is 5.74. The van der Waals surface area contributed by atoms with Crippen LogP contribution in [0.1, 0.15) is 5.56 Å². The molecule has 0 fully saturated rings. The maximum absolute atomic E-state index is 12.4. The molecule has 21 heavy (non-hydrogen) atoms. The highest BCUT2D eigenvalue weighted by molar-refractivity contribution is 9.10. The summed E-state index contributed by atoms with van der Waals surface area (Å²) in [7, 11) is -3.82. The van der Waals surface area contributed by atoms with E-state index >= 15 is 0 Å². The van der Waals surface area contributed by atoms with E-state index in [9.17, 15) is 8.42 Å². The van der Waals surface area contributed by atoms with E-state index in [1.54, 1.807) is 19.1 Å². The van der Waals surface area contributed by atoms with Gasteiger partial charge >= 0.3 is 0 Å². The molecule has 3 N–H and O–H groups in total. The van der Waals surface area contributed by atoms with Crippen LogP contribution in [0.2, 0.25) is 10.0 Å². The molecular formula is C13H11BrCl2N2O2S. The highest BCUT2D eigenvalue weighted by Crippen LogP contribution is 2.30. The van der Waals surface area contributed by atoms with Gasteiger partial charge in [0.15, 0.2) is 0 Å². The maximum atomic E-state index is 12.4. The smallest absolute Gasteiger partial charge is 0.262 e. The molecule has 0 radical (unpaired) electrons. The Balaban J connectivity index is 2.46. The molecule has 0 heterocycles. The van der Waals surface area contributed by atoms with Crippen LogP contribution >= 0.6 is 39.1 Å². The van der Waals surface area contributed by atoms with Gasteiger partial charge in [0.1, 0.15) is 0 Å². The summed E-state index contributed by atoms with van der Waals surface area (Å²) in [5, 5.41) is 0.706. The van der Waals surface area contributed by atoms with Crippen LogP contribution in [0.4, 0.5) is 11.4 Å². The Labute approximate surface area is 141 Å². The molecule has 112 valence electrons.